The summed E-state index contributed by atoms with van der Waals surface area (Å²) in [6.45, 7) is -0.146. The molecular weight excluding hydrogens is 283 g/mol. The Hall–Kier alpha value is -1.89. The molecule has 0 aliphatic rings. The molecule has 0 spiro atoms. The first kappa shape index (κ1) is 13.5. The van der Waals surface area contributed by atoms with Crippen LogP contribution in [0.5, 0.6) is 0 Å². The standard InChI is InChI=1S/C11H7ClF3N3O/c12-8-3-1-7(2-4-8)5-18-10(11(13,14)15)9(6-19)16-17-18/h1-4,6H,5H2. The van der Waals surface area contributed by atoms with Crippen LogP contribution in [0.3, 0.4) is 0 Å². The summed E-state index contributed by atoms with van der Waals surface area (Å²) in [7, 11) is 0. The monoisotopic (exact) mass is 289 g/mol. The molecule has 0 bridgehead atoms. The zero-order chi connectivity index (χ0) is 14.0. The molecule has 2 aromatic rings. The highest BCUT2D eigenvalue weighted by molar-refractivity contribution is 6.30. The van der Waals surface area contributed by atoms with Crippen LogP contribution in [0.1, 0.15) is 21.7 Å². The molecule has 1 aromatic carbocycles. The van der Waals surface area contributed by atoms with Crippen LogP contribution in [0.15, 0.2) is 24.3 Å². The van der Waals surface area contributed by atoms with E-state index in [1.807, 2.05) is 0 Å². The first-order chi connectivity index (χ1) is 8.91. The Morgan fingerprint density at radius 3 is 2.42 bits per heavy atom. The molecule has 0 saturated heterocycles. The summed E-state index contributed by atoms with van der Waals surface area (Å²) in [5.74, 6) is 0. The summed E-state index contributed by atoms with van der Waals surface area (Å²) in [4.78, 5) is 10.6. The van der Waals surface area contributed by atoms with Crippen molar-refractivity contribution in [3.8, 4) is 0 Å². The average Bonchev–Trinajstić information content (AvgIpc) is 2.75. The smallest absolute Gasteiger partial charge is 0.296 e. The van der Waals surface area contributed by atoms with Gasteiger partial charge < -0.3 is 0 Å². The van der Waals surface area contributed by atoms with E-state index in [-0.39, 0.29) is 12.8 Å². The number of benzene rings is 1. The Morgan fingerprint density at radius 2 is 1.89 bits per heavy atom. The van der Waals surface area contributed by atoms with Crippen LogP contribution in [0.25, 0.3) is 0 Å². The van der Waals surface area contributed by atoms with Crippen molar-refractivity contribution < 1.29 is 18.0 Å². The molecule has 0 N–H and O–H groups in total. The van der Waals surface area contributed by atoms with Crippen LogP contribution in [-0.4, -0.2) is 21.3 Å². The summed E-state index contributed by atoms with van der Waals surface area (Å²) in [6, 6.07) is 6.26. The number of hydrogen-bond acceptors (Lipinski definition) is 3. The maximum absolute atomic E-state index is 12.8. The van der Waals surface area contributed by atoms with E-state index in [0.29, 0.717) is 15.3 Å². The molecule has 1 aromatic heterocycles. The molecule has 4 nitrogen and oxygen atoms in total. The molecule has 0 fully saturated rings. The van der Waals surface area contributed by atoms with Crippen molar-refractivity contribution in [2.24, 2.45) is 0 Å². The second-order valence-corrected chi connectivity index (χ2v) is 4.16. The third-order valence-corrected chi connectivity index (χ3v) is 2.64. The van der Waals surface area contributed by atoms with Crippen molar-refractivity contribution in [3.05, 3.63) is 46.2 Å². The molecule has 0 atom stereocenters. The predicted molar refractivity (Wildman–Crippen MR) is 61.0 cm³/mol. The normalized spacial score (nSPS) is 11.6. The largest absolute Gasteiger partial charge is 0.435 e. The fraction of sp³-hybridized carbons (Fsp3) is 0.182. The second-order valence-electron chi connectivity index (χ2n) is 3.72. The van der Waals surface area contributed by atoms with Gasteiger partial charge in [-0.05, 0) is 17.7 Å². The van der Waals surface area contributed by atoms with Gasteiger partial charge in [-0.2, -0.15) is 13.2 Å². The Bertz CT molecular complexity index is 592. The van der Waals surface area contributed by atoms with Crippen LogP contribution in [0, 0.1) is 0 Å². The summed E-state index contributed by atoms with van der Waals surface area (Å²) >= 11 is 5.68. The van der Waals surface area contributed by atoms with Crippen LogP contribution < -0.4 is 0 Å². The van der Waals surface area contributed by atoms with E-state index in [4.69, 9.17) is 11.6 Å². The maximum atomic E-state index is 12.8. The molecule has 0 unspecified atom stereocenters. The Morgan fingerprint density at radius 1 is 1.26 bits per heavy atom. The lowest BCUT2D eigenvalue weighted by Gasteiger charge is -2.09. The molecule has 2 rings (SSSR count). The number of nitrogens with zero attached hydrogens (tertiary/aromatic N) is 3. The minimum atomic E-state index is -4.69. The molecule has 0 amide bonds. The minimum Gasteiger partial charge on any atom is -0.296 e. The van der Waals surface area contributed by atoms with Gasteiger partial charge in [0.15, 0.2) is 17.7 Å². The second kappa shape index (κ2) is 5.00. The lowest BCUT2D eigenvalue weighted by molar-refractivity contribution is -0.144. The lowest BCUT2D eigenvalue weighted by Crippen LogP contribution is -2.17. The van der Waals surface area contributed by atoms with E-state index in [2.05, 4.69) is 10.3 Å². The van der Waals surface area contributed by atoms with E-state index in [0.717, 1.165) is 0 Å². The quantitative estimate of drug-likeness (QED) is 0.816. The van der Waals surface area contributed by atoms with Gasteiger partial charge in [-0.25, -0.2) is 4.68 Å². The maximum Gasteiger partial charge on any atom is 0.435 e. The highest BCUT2D eigenvalue weighted by Gasteiger charge is 2.39. The van der Waals surface area contributed by atoms with Crippen molar-refractivity contribution in [1.29, 1.82) is 0 Å². The number of halogens is 4. The molecular formula is C11H7ClF3N3O. The average molecular weight is 290 g/mol. The van der Waals surface area contributed by atoms with E-state index in [1.165, 1.54) is 0 Å². The number of carbonyl (C=O) groups excluding carboxylic acids is 1. The molecule has 8 heteroatoms. The molecule has 100 valence electrons. The molecule has 1 heterocycles. The van der Waals surface area contributed by atoms with Gasteiger partial charge >= 0.3 is 6.18 Å². The molecule has 19 heavy (non-hydrogen) atoms. The Kier molecular flexibility index (Phi) is 3.57. The predicted octanol–water partition coefficient (Wildman–Crippen LogP) is 2.81. The highest BCUT2D eigenvalue weighted by atomic mass is 35.5. The van der Waals surface area contributed by atoms with E-state index >= 15 is 0 Å². The Balaban J connectivity index is 2.38. The summed E-state index contributed by atoms with van der Waals surface area (Å²) in [5.41, 5.74) is -1.31. The fourth-order valence-corrected chi connectivity index (χ4v) is 1.70. The van der Waals surface area contributed by atoms with Crippen LogP contribution in [0.4, 0.5) is 13.2 Å². The first-order valence-corrected chi connectivity index (χ1v) is 5.50. The van der Waals surface area contributed by atoms with Crippen molar-refractivity contribution >= 4 is 17.9 Å². The van der Waals surface area contributed by atoms with Gasteiger partial charge in [0.1, 0.15) is 0 Å². The topological polar surface area (TPSA) is 47.8 Å². The van der Waals surface area contributed by atoms with Crippen molar-refractivity contribution in [2.45, 2.75) is 12.7 Å². The summed E-state index contributed by atoms with van der Waals surface area (Å²) in [5, 5.41) is 7.05. The van der Waals surface area contributed by atoms with Crippen molar-refractivity contribution in [3.63, 3.8) is 0 Å². The third kappa shape index (κ3) is 2.93. The van der Waals surface area contributed by atoms with E-state index < -0.39 is 17.6 Å². The number of hydrogen-bond donors (Lipinski definition) is 0. The number of rotatable bonds is 3. The van der Waals surface area contributed by atoms with Gasteiger partial charge in [0.05, 0.1) is 6.54 Å². The van der Waals surface area contributed by atoms with Crippen molar-refractivity contribution in [1.82, 2.24) is 15.0 Å². The van der Waals surface area contributed by atoms with Gasteiger partial charge in [0, 0.05) is 5.02 Å². The fourth-order valence-electron chi connectivity index (χ4n) is 1.57. The molecule has 0 radical (unpaired) electrons. The lowest BCUT2D eigenvalue weighted by atomic mass is 10.2. The zero-order valence-corrected chi connectivity index (χ0v) is 10.1. The molecule has 0 saturated carbocycles. The SMILES string of the molecule is O=Cc1nnn(Cc2ccc(Cl)cc2)c1C(F)(F)F. The number of aromatic nitrogens is 3. The third-order valence-electron chi connectivity index (χ3n) is 2.39. The highest BCUT2D eigenvalue weighted by Crippen LogP contribution is 2.30. The molecule has 0 aliphatic carbocycles. The number of carbonyl (C=O) groups is 1. The van der Waals surface area contributed by atoms with E-state index in [1.54, 1.807) is 24.3 Å². The van der Waals surface area contributed by atoms with Gasteiger partial charge in [0.25, 0.3) is 0 Å². The van der Waals surface area contributed by atoms with Gasteiger partial charge in [-0.1, -0.05) is 28.9 Å². The van der Waals surface area contributed by atoms with Crippen LogP contribution in [0.2, 0.25) is 5.02 Å². The first-order valence-electron chi connectivity index (χ1n) is 5.12. The minimum absolute atomic E-state index is 0.0359. The summed E-state index contributed by atoms with van der Waals surface area (Å²) in [6.07, 6.45) is -4.65. The van der Waals surface area contributed by atoms with Crippen LogP contribution in [-0.2, 0) is 12.7 Å². The van der Waals surface area contributed by atoms with Gasteiger partial charge in [0.2, 0.25) is 0 Å². The van der Waals surface area contributed by atoms with E-state index in [9.17, 15) is 18.0 Å². The Labute approximate surface area is 110 Å². The van der Waals surface area contributed by atoms with Gasteiger partial charge in [-0.3, -0.25) is 4.79 Å². The zero-order valence-electron chi connectivity index (χ0n) is 9.36. The van der Waals surface area contributed by atoms with Gasteiger partial charge in [-0.15, -0.1) is 5.10 Å². The number of alkyl halides is 3. The van der Waals surface area contributed by atoms with Crippen LogP contribution >= 0.6 is 11.6 Å². The van der Waals surface area contributed by atoms with Crippen molar-refractivity contribution in [2.75, 3.05) is 0 Å². The number of aldehydes is 1. The summed E-state index contributed by atoms with van der Waals surface area (Å²) < 4.78 is 39.1. The molecule has 0 aliphatic heterocycles.